The Kier molecular flexibility index (Phi) is 8.95. The van der Waals surface area contributed by atoms with E-state index in [0.717, 1.165) is 55.9 Å². The Morgan fingerprint density at radius 3 is 0.977 bits per heavy atom. The van der Waals surface area contributed by atoms with Crippen LogP contribution >= 0.6 is 0 Å². The zero-order valence-electron chi connectivity index (χ0n) is 24.1. The lowest BCUT2D eigenvalue weighted by Gasteiger charge is -2.03. The summed E-state index contributed by atoms with van der Waals surface area (Å²) >= 11 is 0. The monoisotopic (exact) mass is 560 g/mol. The van der Waals surface area contributed by atoms with E-state index in [9.17, 15) is 0 Å². The summed E-state index contributed by atoms with van der Waals surface area (Å²) in [7, 11) is 0. The van der Waals surface area contributed by atoms with Crippen LogP contribution in [0.25, 0.3) is 11.1 Å². The van der Waals surface area contributed by atoms with Crippen molar-refractivity contribution < 1.29 is 0 Å². The first-order valence-electron chi connectivity index (χ1n) is 14.4. The fourth-order valence-electron chi connectivity index (χ4n) is 4.41. The van der Waals surface area contributed by atoms with Crippen molar-refractivity contribution in [1.82, 2.24) is 0 Å². The molecule has 6 rings (SSSR count). The van der Waals surface area contributed by atoms with Gasteiger partial charge in [0.2, 0.25) is 0 Å². The van der Waals surface area contributed by atoms with Gasteiger partial charge in [-0.2, -0.15) is 0 Å². The van der Waals surface area contributed by atoms with Crippen LogP contribution in [0.5, 0.6) is 0 Å². The van der Waals surface area contributed by atoms with Crippen molar-refractivity contribution in [2.24, 2.45) is 9.98 Å². The molecule has 0 bridgehead atoms. The summed E-state index contributed by atoms with van der Waals surface area (Å²) in [6.07, 6.45) is 3.75. The molecule has 0 aliphatic carbocycles. The normalized spacial score (nSPS) is 10.6. The number of rotatable bonds is 5. The molecule has 2 heteroatoms. The van der Waals surface area contributed by atoms with Gasteiger partial charge >= 0.3 is 0 Å². The Morgan fingerprint density at radius 2 is 0.636 bits per heavy atom. The number of nitrogens with zero attached hydrogens (tertiary/aromatic N) is 2. The summed E-state index contributed by atoms with van der Waals surface area (Å²) in [5, 5.41) is 0. The van der Waals surface area contributed by atoms with Gasteiger partial charge in [-0.1, -0.05) is 109 Å². The highest BCUT2D eigenvalue weighted by Gasteiger charge is 1.99. The van der Waals surface area contributed by atoms with Crippen LogP contribution in [0, 0.1) is 23.7 Å². The van der Waals surface area contributed by atoms with Crippen molar-refractivity contribution in [3.63, 3.8) is 0 Å². The molecule has 6 aromatic rings. The lowest BCUT2D eigenvalue weighted by atomic mass is 10.1. The molecule has 0 fully saturated rings. The maximum atomic E-state index is 4.64. The van der Waals surface area contributed by atoms with E-state index in [1.54, 1.807) is 0 Å². The Balaban J connectivity index is 1.03. The Bertz CT molecular complexity index is 1840. The first-order valence-corrected chi connectivity index (χ1v) is 14.4. The van der Waals surface area contributed by atoms with Gasteiger partial charge in [-0.05, 0) is 95.1 Å². The summed E-state index contributed by atoms with van der Waals surface area (Å²) in [6, 6.07) is 52.7. The van der Waals surface area contributed by atoms with Crippen molar-refractivity contribution in [1.29, 1.82) is 0 Å². The summed E-state index contributed by atoms with van der Waals surface area (Å²) < 4.78 is 0. The average molecular weight is 561 g/mol. The molecule has 0 aliphatic heterocycles. The maximum absolute atomic E-state index is 4.64. The van der Waals surface area contributed by atoms with Crippen molar-refractivity contribution in [2.45, 2.75) is 0 Å². The van der Waals surface area contributed by atoms with Gasteiger partial charge in [0.15, 0.2) is 0 Å². The highest BCUT2D eigenvalue weighted by atomic mass is 14.7. The van der Waals surface area contributed by atoms with E-state index in [2.05, 4.69) is 57.9 Å². The number of hydrogen-bond acceptors (Lipinski definition) is 2. The van der Waals surface area contributed by atoms with Gasteiger partial charge in [0, 0.05) is 34.7 Å². The second-order valence-electron chi connectivity index (χ2n) is 10.1. The fraction of sp³-hybridized carbons (Fsp3) is 0. The molecule has 6 aromatic carbocycles. The van der Waals surface area contributed by atoms with Crippen molar-refractivity contribution in [3.8, 4) is 34.8 Å². The summed E-state index contributed by atoms with van der Waals surface area (Å²) in [5.74, 6) is 12.8. The Hall–Kier alpha value is -6.22. The molecular formula is C42H28N2. The highest BCUT2D eigenvalue weighted by molar-refractivity contribution is 5.83. The van der Waals surface area contributed by atoms with Gasteiger partial charge in [0.05, 0.1) is 11.4 Å². The molecule has 0 N–H and O–H groups in total. The molecule has 206 valence electrons. The minimum atomic E-state index is 0.903. The number of benzene rings is 6. The zero-order chi connectivity index (χ0) is 29.8. The molecule has 2 nitrogen and oxygen atoms in total. The van der Waals surface area contributed by atoms with E-state index in [-0.39, 0.29) is 0 Å². The summed E-state index contributed by atoms with van der Waals surface area (Å²) in [5.41, 5.74) is 10.1. The molecule has 0 amide bonds. The van der Waals surface area contributed by atoms with Crippen molar-refractivity contribution >= 4 is 23.8 Å². The van der Waals surface area contributed by atoms with Crippen LogP contribution in [-0.4, -0.2) is 12.4 Å². The molecule has 0 aromatic heterocycles. The van der Waals surface area contributed by atoms with E-state index in [0.29, 0.717) is 0 Å². The minimum Gasteiger partial charge on any atom is -0.256 e. The van der Waals surface area contributed by atoms with Crippen LogP contribution in [0.4, 0.5) is 11.4 Å². The van der Waals surface area contributed by atoms with Crippen molar-refractivity contribution in [2.75, 3.05) is 0 Å². The van der Waals surface area contributed by atoms with E-state index >= 15 is 0 Å². The van der Waals surface area contributed by atoms with Gasteiger partial charge in [-0.15, -0.1) is 0 Å². The zero-order valence-corrected chi connectivity index (χ0v) is 24.1. The minimum absolute atomic E-state index is 0.903. The second kappa shape index (κ2) is 14.1. The molecule has 0 atom stereocenters. The van der Waals surface area contributed by atoms with Crippen LogP contribution in [0.3, 0.4) is 0 Å². The van der Waals surface area contributed by atoms with Crippen LogP contribution in [0.1, 0.15) is 33.4 Å². The van der Waals surface area contributed by atoms with Crippen LogP contribution in [0.2, 0.25) is 0 Å². The van der Waals surface area contributed by atoms with Crippen LogP contribution in [0.15, 0.2) is 168 Å². The topological polar surface area (TPSA) is 24.7 Å². The smallest absolute Gasteiger partial charge is 0.0630 e. The lowest BCUT2D eigenvalue weighted by Crippen LogP contribution is -1.83. The lowest BCUT2D eigenvalue weighted by molar-refractivity contribution is 1.50. The molecular weight excluding hydrogens is 532 g/mol. The highest BCUT2D eigenvalue weighted by Crippen LogP contribution is 2.25. The van der Waals surface area contributed by atoms with Gasteiger partial charge in [-0.25, -0.2) is 0 Å². The predicted molar refractivity (Wildman–Crippen MR) is 184 cm³/mol. The molecule has 0 radical (unpaired) electrons. The van der Waals surface area contributed by atoms with Crippen LogP contribution < -0.4 is 0 Å². The van der Waals surface area contributed by atoms with E-state index in [1.807, 2.05) is 146 Å². The van der Waals surface area contributed by atoms with E-state index in [4.69, 9.17) is 0 Å². The summed E-state index contributed by atoms with van der Waals surface area (Å²) in [4.78, 5) is 9.29. The summed E-state index contributed by atoms with van der Waals surface area (Å²) in [6.45, 7) is 0. The van der Waals surface area contributed by atoms with Gasteiger partial charge in [0.1, 0.15) is 0 Å². The standard InChI is InChI=1S/C42H28N2/c1-3-7-33(8-4-1)11-13-35-15-19-37(20-16-35)31-43-41-27-23-39(24-28-41)40-25-29-42(30-26-40)44-32-38-21-17-36(18-22-38)14-12-34-9-5-2-6-10-34/h1-10,15-32H. The molecule has 0 unspecified atom stereocenters. The third-order valence-corrected chi connectivity index (χ3v) is 6.86. The SMILES string of the molecule is C(#Cc1ccc(C=Nc2ccc(-c3ccc(N=Cc4ccc(C#Cc5ccccc5)cc4)cc3)cc2)cc1)c1ccccc1. The van der Waals surface area contributed by atoms with Gasteiger partial charge < -0.3 is 0 Å². The maximum Gasteiger partial charge on any atom is 0.0630 e. The molecule has 0 saturated carbocycles. The molecule has 44 heavy (non-hydrogen) atoms. The Labute approximate surface area is 259 Å². The quantitative estimate of drug-likeness (QED) is 0.148. The average Bonchev–Trinajstić information content (AvgIpc) is 3.10. The fourth-order valence-corrected chi connectivity index (χ4v) is 4.41. The van der Waals surface area contributed by atoms with Crippen molar-refractivity contribution in [3.05, 3.63) is 191 Å². The third kappa shape index (κ3) is 7.95. The van der Waals surface area contributed by atoms with Gasteiger partial charge in [0.25, 0.3) is 0 Å². The Morgan fingerprint density at radius 1 is 0.318 bits per heavy atom. The molecule has 0 heterocycles. The second-order valence-corrected chi connectivity index (χ2v) is 10.1. The third-order valence-electron chi connectivity index (χ3n) is 6.86. The van der Waals surface area contributed by atoms with E-state index < -0.39 is 0 Å². The van der Waals surface area contributed by atoms with E-state index in [1.165, 1.54) is 0 Å². The van der Waals surface area contributed by atoms with Gasteiger partial charge in [-0.3, -0.25) is 9.98 Å². The first kappa shape index (κ1) is 27.9. The largest absolute Gasteiger partial charge is 0.256 e. The predicted octanol–water partition coefficient (Wildman–Crippen LogP) is 9.65. The van der Waals surface area contributed by atoms with Crippen LogP contribution in [-0.2, 0) is 0 Å². The molecule has 0 spiro atoms. The molecule has 0 saturated heterocycles. The first-order chi connectivity index (χ1) is 21.8. The number of aliphatic imine (C=N–C) groups is 2. The number of hydrogen-bond donors (Lipinski definition) is 0. The molecule has 0 aliphatic rings.